The third kappa shape index (κ3) is 14.9. The van der Waals surface area contributed by atoms with Gasteiger partial charge in [-0.1, -0.05) is 47.7 Å². The van der Waals surface area contributed by atoms with Crippen LogP contribution in [0.15, 0.2) is 54.7 Å². The molecule has 0 saturated carbocycles. The molecule has 4 rings (SSSR count). The molecule has 4 amide bonds. The summed E-state index contributed by atoms with van der Waals surface area (Å²) >= 11 is 1.30. The first kappa shape index (κ1) is 46.4. The van der Waals surface area contributed by atoms with Crippen molar-refractivity contribution in [1.29, 1.82) is 0 Å². The third-order valence-corrected chi connectivity index (χ3v) is 10.8. The summed E-state index contributed by atoms with van der Waals surface area (Å²) < 4.78 is 1.67. The van der Waals surface area contributed by atoms with E-state index in [1.807, 2.05) is 6.92 Å². The van der Waals surface area contributed by atoms with E-state index in [9.17, 15) is 44.1 Å². The minimum Gasteiger partial charge on any atom is -0.508 e. The number of phenolic OH excluding ortho intramolecular Hbond substituents is 2. The van der Waals surface area contributed by atoms with Gasteiger partial charge in [0.1, 0.15) is 28.3 Å². The first-order valence-corrected chi connectivity index (χ1v) is 20.6. The van der Waals surface area contributed by atoms with Crippen LogP contribution in [-0.4, -0.2) is 95.5 Å². The summed E-state index contributed by atoms with van der Waals surface area (Å²) in [5, 5.41) is 57.2. The Kier molecular flexibility index (Phi) is 17.6. The van der Waals surface area contributed by atoms with Gasteiger partial charge in [0.05, 0.1) is 11.6 Å². The number of ketones is 1. The molecule has 7 N–H and O–H groups in total. The zero-order valence-electron chi connectivity index (χ0n) is 34.0. The molecular weight excluding hydrogens is 795 g/mol. The lowest BCUT2D eigenvalue weighted by Crippen LogP contribution is -2.46. The van der Waals surface area contributed by atoms with E-state index >= 15 is 0 Å². The summed E-state index contributed by atoms with van der Waals surface area (Å²) in [6.45, 7) is 4.24. The first-order valence-electron chi connectivity index (χ1n) is 19.7. The number of aromatic hydroxyl groups is 2. The fourth-order valence-electron chi connectivity index (χ4n) is 6.59. The van der Waals surface area contributed by atoms with E-state index in [2.05, 4.69) is 41.8 Å². The number of carboxylic acid groups (broad SMARTS) is 1. The normalized spacial score (nSPS) is 12.2. The van der Waals surface area contributed by atoms with Crippen molar-refractivity contribution in [3.63, 3.8) is 0 Å². The number of nitrogens with zero attached hydrogens (tertiary/aromatic N) is 5. The summed E-state index contributed by atoms with van der Waals surface area (Å²) in [5.74, 6) is -4.51. The number of rotatable bonds is 25. The molecule has 18 nitrogen and oxygen atoms in total. The summed E-state index contributed by atoms with van der Waals surface area (Å²) in [6, 6.07) is 12.4. The number of carboxylic acids is 1. The van der Waals surface area contributed by atoms with Gasteiger partial charge in [0.2, 0.25) is 28.8 Å². The number of unbranched alkanes of at least 4 members (excludes halogenated alkanes) is 1. The zero-order valence-corrected chi connectivity index (χ0v) is 34.8. The summed E-state index contributed by atoms with van der Waals surface area (Å²) in [7, 11) is 1.43. The molecule has 19 heteroatoms. The summed E-state index contributed by atoms with van der Waals surface area (Å²) in [4.78, 5) is 75.4. The van der Waals surface area contributed by atoms with E-state index in [-0.39, 0.29) is 55.5 Å². The van der Waals surface area contributed by atoms with E-state index < -0.39 is 53.8 Å². The minimum atomic E-state index is -1.33. The van der Waals surface area contributed by atoms with Crippen LogP contribution in [0.3, 0.4) is 0 Å². The molecule has 0 fully saturated rings. The molecular formula is C41H53N9O9S. The van der Waals surface area contributed by atoms with Crippen molar-refractivity contribution in [2.45, 2.75) is 102 Å². The number of hydrogen-bond donors (Lipinski definition) is 7. The molecule has 2 aromatic heterocycles. The van der Waals surface area contributed by atoms with E-state index in [1.54, 1.807) is 66.3 Å². The van der Waals surface area contributed by atoms with Crippen LogP contribution in [0.25, 0.3) is 0 Å². The van der Waals surface area contributed by atoms with Crippen molar-refractivity contribution in [3.8, 4) is 11.5 Å². The Balaban J connectivity index is 1.16. The average Bonchev–Trinajstić information content (AvgIpc) is 3.85. The van der Waals surface area contributed by atoms with E-state index in [0.717, 1.165) is 21.8 Å². The van der Waals surface area contributed by atoms with Crippen LogP contribution in [0.1, 0.15) is 93.0 Å². The molecule has 0 aliphatic carbocycles. The van der Waals surface area contributed by atoms with Crippen molar-refractivity contribution in [2.75, 3.05) is 18.9 Å². The monoisotopic (exact) mass is 847 g/mol. The maximum Gasteiger partial charge on any atom is 0.307 e. The minimum absolute atomic E-state index is 0.0227. The highest BCUT2D eigenvalue weighted by molar-refractivity contribution is 7.15. The van der Waals surface area contributed by atoms with Gasteiger partial charge in [-0.15, -0.1) is 15.3 Å². The van der Waals surface area contributed by atoms with Crippen molar-refractivity contribution >= 4 is 51.8 Å². The van der Waals surface area contributed by atoms with Crippen LogP contribution >= 0.6 is 11.3 Å². The third-order valence-electron chi connectivity index (χ3n) is 10.1. The Bertz CT molecular complexity index is 2020. The number of aliphatic carboxylic acids is 1. The van der Waals surface area contributed by atoms with Gasteiger partial charge in [0, 0.05) is 63.9 Å². The van der Waals surface area contributed by atoms with E-state index in [0.29, 0.717) is 43.8 Å². The largest absolute Gasteiger partial charge is 0.508 e. The molecule has 322 valence electrons. The second-order valence-electron chi connectivity index (χ2n) is 14.7. The van der Waals surface area contributed by atoms with Gasteiger partial charge in [0.25, 0.3) is 0 Å². The van der Waals surface area contributed by atoms with Crippen LogP contribution in [0.4, 0.5) is 5.13 Å². The van der Waals surface area contributed by atoms with Crippen molar-refractivity contribution in [2.24, 2.45) is 5.92 Å². The quantitative estimate of drug-likeness (QED) is 0.0471. The number of phenols is 2. The number of amides is 4. The standard InChI is InChI=1S/C41H53N9O9S/c1-26-46-48-40(60-26)45-36(55)9-6-7-30-25-50(49-47-30)22-5-4-8-34(38(57)42-3)44-37(56)24-27(39(58)59)23-33(53)19-21-43-35(54)18-20-41(2,28-10-14-31(51)15-11-28)29-12-16-32(52)17-13-29/h10-17,25,27,34,51-52H,4-9,18-24H2,1-3H3,(H,42,57)(H,43,54)(H,44,56)(H,58,59)(H,45,48,55)/t27?,34-/m0/s1. The Morgan fingerprint density at radius 3 is 2.08 bits per heavy atom. The molecule has 1 unspecified atom stereocenters. The average molecular weight is 848 g/mol. The van der Waals surface area contributed by atoms with Crippen molar-refractivity contribution < 1.29 is 44.1 Å². The Morgan fingerprint density at radius 1 is 0.817 bits per heavy atom. The number of aromatic nitrogens is 5. The van der Waals surface area contributed by atoms with E-state index in [4.69, 9.17) is 0 Å². The number of aryl methyl sites for hydroxylation is 3. The zero-order chi connectivity index (χ0) is 43.7. The van der Waals surface area contributed by atoms with Crippen LogP contribution in [0.5, 0.6) is 11.5 Å². The van der Waals surface area contributed by atoms with Gasteiger partial charge in [-0.3, -0.25) is 33.4 Å². The van der Waals surface area contributed by atoms with Gasteiger partial charge in [-0.2, -0.15) is 0 Å². The fourth-order valence-corrected chi connectivity index (χ4v) is 7.20. The number of carbonyl (C=O) groups excluding carboxylic acids is 5. The second-order valence-corrected chi connectivity index (χ2v) is 15.9. The molecule has 2 heterocycles. The van der Waals surface area contributed by atoms with Gasteiger partial charge in [0.15, 0.2) is 0 Å². The number of anilines is 1. The molecule has 0 saturated heterocycles. The van der Waals surface area contributed by atoms with Crippen LogP contribution in [0, 0.1) is 12.8 Å². The molecule has 4 aromatic rings. The maximum absolute atomic E-state index is 12.9. The lowest BCUT2D eigenvalue weighted by atomic mass is 9.73. The predicted octanol–water partition coefficient (Wildman–Crippen LogP) is 3.55. The van der Waals surface area contributed by atoms with Gasteiger partial charge >= 0.3 is 5.97 Å². The lowest BCUT2D eigenvalue weighted by Gasteiger charge is -2.31. The number of Topliss-reactive ketones (excluding diaryl/α,β-unsaturated/α-hetero) is 1. The second kappa shape index (κ2) is 22.8. The van der Waals surface area contributed by atoms with Crippen LogP contribution < -0.4 is 21.3 Å². The smallest absolute Gasteiger partial charge is 0.307 e. The molecule has 0 aliphatic rings. The van der Waals surface area contributed by atoms with E-state index in [1.165, 1.54) is 18.4 Å². The highest BCUT2D eigenvalue weighted by atomic mass is 32.1. The SMILES string of the molecule is CNC(=O)[C@H](CCCCn1cc(CCCC(=O)Nc2nnc(C)s2)nn1)NC(=O)CC(CC(=O)CCNC(=O)CCC(C)(c1ccc(O)cc1)c1ccc(O)cc1)C(=O)O. The summed E-state index contributed by atoms with van der Waals surface area (Å²) in [6.07, 6.45) is 3.99. The number of likely N-dealkylation sites (N-methyl/N-ethyl adjacent to an activating group) is 1. The number of hydrogen-bond acceptors (Lipinski definition) is 13. The van der Waals surface area contributed by atoms with Gasteiger partial charge in [-0.25, -0.2) is 0 Å². The molecule has 0 bridgehead atoms. The Morgan fingerprint density at radius 2 is 1.48 bits per heavy atom. The molecule has 0 aliphatic heterocycles. The highest BCUT2D eigenvalue weighted by Gasteiger charge is 2.30. The van der Waals surface area contributed by atoms with Gasteiger partial charge < -0.3 is 36.6 Å². The van der Waals surface area contributed by atoms with Gasteiger partial charge in [-0.05, 0) is 80.8 Å². The highest BCUT2D eigenvalue weighted by Crippen LogP contribution is 2.37. The maximum atomic E-state index is 12.9. The molecule has 0 spiro atoms. The van der Waals surface area contributed by atoms with Crippen molar-refractivity contribution in [1.82, 2.24) is 41.1 Å². The van der Waals surface area contributed by atoms with Crippen LogP contribution in [0.2, 0.25) is 0 Å². The summed E-state index contributed by atoms with van der Waals surface area (Å²) in [5.41, 5.74) is 1.79. The fraction of sp³-hybridized carbons (Fsp3) is 0.463. The molecule has 60 heavy (non-hydrogen) atoms. The predicted molar refractivity (Wildman–Crippen MR) is 221 cm³/mol. The Labute approximate surface area is 351 Å². The number of nitrogens with one attached hydrogen (secondary N) is 4. The molecule has 2 aromatic carbocycles. The molecule has 0 radical (unpaired) electrons. The number of carbonyl (C=O) groups is 6. The lowest BCUT2D eigenvalue weighted by molar-refractivity contribution is -0.146. The van der Waals surface area contributed by atoms with Crippen molar-refractivity contribution in [3.05, 3.63) is 76.6 Å². The number of benzene rings is 2. The van der Waals surface area contributed by atoms with Crippen LogP contribution in [-0.2, 0) is 47.1 Å². The Hall–Kier alpha value is -6.24. The first-order chi connectivity index (χ1) is 28.6. The molecule has 2 atom stereocenters. The topological polar surface area (TPSA) is 268 Å².